The summed E-state index contributed by atoms with van der Waals surface area (Å²) in [4.78, 5) is 20.7. The van der Waals surface area contributed by atoms with Crippen LogP contribution in [0.4, 0.5) is 17.3 Å². The fraction of sp³-hybridized carbons (Fsp3) is 0.235. The van der Waals surface area contributed by atoms with Crippen LogP contribution >= 0.6 is 0 Å². The summed E-state index contributed by atoms with van der Waals surface area (Å²) >= 11 is 0. The van der Waals surface area contributed by atoms with E-state index in [4.69, 9.17) is 4.74 Å². The van der Waals surface area contributed by atoms with Crippen molar-refractivity contribution in [2.75, 3.05) is 23.8 Å². The molecule has 0 unspecified atom stereocenters. The Labute approximate surface area is 135 Å². The minimum Gasteiger partial charge on any atom is -0.462 e. The van der Waals surface area contributed by atoms with Gasteiger partial charge in [0.15, 0.2) is 0 Å². The first kappa shape index (κ1) is 16.5. The summed E-state index contributed by atoms with van der Waals surface area (Å²) in [5.74, 6) is 1.54. The van der Waals surface area contributed by atoms with Crippen molar-refractivity contribution in [1.82, 2.24) is 9.97 Å². The Morgan fingerprint density at radius 3 is 2.78 bits per heavy atom. The number of ether oxygens (including phenoxy) is 1. The van der Waals surface area contributed by atoms with Crippen molar-refractivity contribution >= 4 is 23.3 Å². The number of rotatable bonds is 7. The van der Waals surface area contributed by atoms with Crippen molar-refractivity contribution in [2.45, 2.75) is 13.8 Å². The van der Waals surface area contributed by atoms with Gasteiger partial charge in [0, 0.05) is 12.6 Å². The summed E-state index contributed by atoms with van der Waals surface area (Å²) in [6.45, 7) is 8.18. The third-order valence-corrected chi connectivity index (χ3v) is 2.95. The summed E-state index contributed by atoms with van der Waals surface area (Å²) in [5, 5.41) is 6.27. The lowest BCUT2D eigenvalue weighted by atomic mass is 10.2. The molecule has 2 aromatic rings. The fourth-order valence-electron chi connectivity index (χ4n) is 2.02. The highest BCUT2D eigenvalue weighted by Crippen LogP contribution is 2.22. The van der Waals surface area contributed by atoms with Crippen LogP contribution in [0.1, 0.15) is 23.1 Å². The molecule has 0 aliphatic carbocycles. The number of carbonyl (C=O) groups is 1. The molecule has 0 atom stereocenters. The van der Waals surface area contributed by atoms with Crippen LogP contribution in [0.25, 0.3) is 0 Å². The van der Waals surface area contributed by atoms with Crippen LogP contribution in [0, 0.1) is 6.92 Å². The molecule has 120 valence electrons. The Bertz CT molecular complexity index is 701. The van der Waals surface area contributed by atoms with Gasteiger partial charge in [-0.2, -0.15) is 0 Å². The van der Waals surface area contributed by atoms with E-state index in [1.165, 1.54) is 0 Å². The molecule has 6 heteroatoms. The Balaban J connectivity index is 2.27. The molecule has 0 radical (unpaired) electrons. The minimum atomic E-state index is -0.369. The highest BCUT2D eigenvalue weighted by atomic mass is 16.5. The second kappa shape index (κ2) is 7.93. The average Bonchev–Trinajstić information content (AvgIpc) is 2.53. The van der Waals surface area contributed by atoms with Gasteiger partial charge in [0.1, 0.15) is 17.5 Å². The van der Waals surface area contributed by atoms with Gasteiger partial charge >= 0.3 is 5.97 Å². The van der Waals surface area contributed by atoms with Gasteiger partial charge in [-0.25, -0.2) is 14.8 Å². The van der Waals surface area contributed by atoms with Crippen molar-refractivity contribution in [3.8, 4) is 0 Å². The molecule has 0 saturated heterocycles. The monoisotopic (exact) mass is 312 g/mol. The Hall–Kier alpha value is -2.89. The zero-order chi connectivity index (χ0) is 16.7. The van der Waals surface area contributed by atoms with Crippen LogP contribution in [0.3, 0.4) is 0 Å². The number of aryl methyl sites for hydroxylation is 1. The lowest BCUT2D eigenvalue weighted by Gasteiger charge is -2.12. The van der Waals surface area contributed by atoms with Crippen LogP contribution in [0.2, 0.25) is 0 Å². The first-order valence-corrected chi connectivity index (χ1v) is 7.37. The molecule has 0 aliphatic heterocycles. The maximum absolute atomic E-state index is 12.0. The predicted molar refractivity (Wildman–Crippen MR) is 91.1 cm³/mol. The van der Waals surface area contributed by atoms with Gasteiger partial charge in [-0.15, -0.1) is 6.58 Å². The fourth-order valence-corrected chi connectivity index (χ4v) is 2.02. The first-order chi connectivity index (χ1) is 11.1. The highest BCUT2D eigenvalue weighted by Gasteiger charge is 2.12. The van der Waals surface area contributed by atoms with Crippen molar-refractivity contribution in [2.24, 2.45) is 0 Å². The maximum Gasteiger partial charge on any atom is 0.340 e. The molecule has 23 heavy (non-hydrogen) atoms. The summed E-state index contributed by atoms with van der Waals surface area (Å²) in [6, 6.07) is 8.93. The van der Waals surface area contributed by atoms with E-state index in [0.717, 1.165) is 0 Å². The van der Waals surface area contributed by atoms with Crippen molar-refractivity contribution in [1.29, 1.82) is 0 Å². The van der Waals surface area contributed by atoms with Crippen molar-refractivity contribution in [3.05, 3.63) is 54.4 Å². The molecular formula is C17H20N4O2. The smallest absolute Gasteiger partial charge is 0.340 e. The van der Waals surface area contributed by atoms with E-state index < -0.39 is 0 Å². The molecule has 2 rings (SSSR count). The largest absolute Gasteiger partial charge is 0.462 e. The standard InChI is InChI=1S/C17H20N4O2/c1-4-10-18-15-11-16(20-12(3)19-15)21-14-9-7-6-8-13(14)17(22)23-5-2/h4,6-9,11H,1,5,10H2,2-3H3,(H2,18,19,20,21). The highest BCUT2D eigenvalue weighted by molar-refractivity contribution is 5.96. The van der Waals surface area contributed by atoms with Crippen LogP contribution in [-0.4, -0.2) is 29.1 Å². The molecule has 2 N–H and O–H groups in total. The normalized spacial score (nSPS) is 10.0. The van der Waals surface area contributed by atoms with Crippen molar-refractivity contribution in [3.63, 3.8) is 0 Å². The number of nitrogens with zero attached hydrogens (tertiary/aromatic N) is 2. The minimum absolute atomic E-state index is 0.329. The molecule has 0 fully saturated rings. The van der Waals surface area contributed by atoms with Crippen LogP contribution in [-0.2, 0) is 4.74 Å². The lowest BCUT2D eigenvalue weighted by Crippen LogP contribution is -2.09. The van der Waals surface area contributed by atoms with Crippen LogP contribution < -0.4 is 10.6 Å². The number of aromatic nitrogens is 2. The number of benzene rings is 1. The topological polar surface area (TPSA) is 76.1 Å². The van der Waals surface area contributed by atoms with Gasteiger partial charge in [-0.3, -0.25) is 0 Å². The zero-order valence-corrected chi connectivity index (χ0v) is 13.3. The van der Waals surface area contributed by atoms with Gasteiger partial charge in [0.25, 0.3) is 0 Å². The molecule has 1 aromatic heterocycles. The number of hydrogen-bond acceptors (Lipinski definition) is 6. The molecule has 6 nitrogen and oxygen atoms in total. The number of esters is 1. The summed E-state index contributed by atoms with van der Waals surface area (Å²) in [7, 11) is 0. The van der Waals surface area contributed by atoms with E-state index in [1.54, 1.807) is 37.3 Å². The summed E-state index contributed by atoms with van der Waals surface area (Å²) < 4.78 is 5.07. The number of nitrogens with one attached hydrogen (secondary N) is 2. The van der Waals surface area contributed by atoms with Gasteiger partial charge in [0.05, 0.1) is 17.9 Å². The third-order valence-electron chi connectivity index (χ3n) is 2.95. The van der Waals surface area contributed by atoms with Gasteiger partial charge in [-0.05, 0) is 26.0 Å². The SMILES string of the molecule is C=CCNc1cc(Nc2ccccc2C(=O)OCC)nc(C)n1. The first-order valence-electron chi connectivity index (χ1n) is 7.37. The number of para-hydroxylation sites is 1. The quantitative estimate of drug-likeness (QED) is 0.603. The maximum atomic E-state index is 12.0. The lowest BCUT2D eigenvalue weighted by molar-refractivity contribution is 0.0527. The van der Waals surface area contributed by atoms with E-state index in [9.17, 15) is 4.79 Å². The second-order valence-electron chi connectivity index (χ2n) is 4.75. The molecule has 1 heterocycles. The Morgan fingerprint density at radius 2 is 2.04 bits per heavy atom. The number of carbonyl (C=O) groups excluding carboxylic acids is 1. The zero-order valence-electron chi connectivity index (χ0n) is 13.3. The average molecular weight is 312 g/mol. The number of anilines is 3. The molecule has 1 aromatic carbocycles. The molecule has 0 saturated carbocycles. The van der Waals surface area contributed by atoms with Gasteiger partial charge in [0.2, 0.25) is 0 Å². The van der Waals surface area contributed by atoms with E-state index in [0.29, 0.717) is 41.9 Å². The summed E-state index contributed by atoms with van der Waals surface area (Å²) in [5.41, 5.74) is 1.10. The summed E-state index contributed by atoms with van der Waals surface area (Å²) in [6.07, 6.45) is 1.75. The van der Waals surface area contributed by atoms with E-state index in [1.807, 2.05) is 13.0 Å². The second-order valence-corrected chi connectivity index (χ2v) is 4.75. The molecule has 0 bridgehead atoms. The predicted octanol–water partition coefficient (Wildman–Crippen LogP) is 3.30. The van der Waals surface area contributed by atoms with Crippen LogP contribution in [0.5, 0.6) is 0 Å². The Morgan fingerprint density at radius 1 is 1.30 bits per heavy atom. The van der Waals surface area contributed by atoms with E-state index in [-0.39, 0.29) is 5.97 Å². The third kappa shape index (κ3) is 4.54. The van der Waals surface area contributed by atoms with Crippen molar-refractivity contribution < 1.29 is 9.53 Å². The van der Waals surface area contributed by atoms with Gasteiger partial charge < -0.3 is 15.4 Å². The number of hydrogen-bond donors (Lipinski definition) is 2. The molecular weight excluding hydrogens is 292 g/mol. The van der Waals surface area contributed by atoms with Crippen LogP contribution in [0.15, 0.2) is 43.0 Å². The molecule has 0 amide bonds. The van der Waals surface area contributed by atoms with E-state index in [2.05, 4.69) is 27.2 Å². The molecule has 0 spiro atoms. The van der Waals surface area contributed by atoms with E-state index >= 15 is 0 Å². The molecule has 0 aliphatic rings. The Kier molecular flexibility index (Phi) is 5.68. The van der Waals surface area contributed by atoms with Gasteiger partial charge in [-0.1, -0.05) is 18.2 Å².